The zero-order valence-corrected chi connectivity index (χ0v) is 11.9. The lowest BCUT2D eigenvalue weighted by Crippen LogP contribution is -2.05. The molecule has 0 aliphatic carbocycles. The van der Waals surface area contributed by atoms with Gasteiger partial charge in [0.15, 0.2) is 0 Å². The van der Waals surface area contributed by atoms with Crippen molar-refractivity contribution in [1.82, 2.24) is 9.97 Å². The molecule has 2 heterocycles. The molecule has 0 aromatic carbocycles. The quantitative estimate of drug-likeness (QED) is 0.277. The molecule has 2 rings (SSSR count). The predicted octanol–water partition coefficient (Wildman–Crippen LogP) is 3.42. The zero-order valence-electron chi connectivity index (χ0n) is 11.1. The standard InChI is InChI=1S/C13H11N5O2S/c1-2-20-13(19)11(17-18-14)7-10-8-16-12(21-10)9-3-5-15-6-4-9/h3-8H,2H2,1H3/b11-7-. The van der Waals surface area contributed by atoms with Crippen LogP contribution in [0.3, 0.4) is 0 Å². The molecular weight excluding hydrogens is 290 g/mol. The van der Waals surface area contributed by atoms with Gasteiger partial charge in [-0.15, -0.1) is 11.3 Å². The third-order valence-corrected chi connectivity index (χ3v) is 3.36. The van der Waals surface area contributed by atoms with Crippen LogP contribution >= 0.6 is 11.3 Å². The Morgan fingerprint density at radius 3 is 2.95 bits per heavy atom. The topological polar surface area (TPSA) is 101 Å². The van der Waals surface area contributed by atoms with Crippen LogP contribution in [0.2, 0.25) is 0 Å². The summed E-state index contributed by atoms with van der Waals surface area (Å²) in [5.74, 6) is -0.658. The van der Waals surface area contributed by atoms with Crippen molar-refractivity contribution in [2.45, 2.75) is 6.92 Å². The average Bonchev–Trinajstić information content (AvgIpc) is 2.96. The third kappa shape index (κ3) is 3.88. The summed E-state index contributed by atoms with van der Waals surface area (Å²) in [6.07, 6.45) is 6.42. The molecule has 2 aromatic heterocycles. The van der Waals surface area contributed by atoms with Crippen LogP contribution < -0.4 is 0 Å². The van der Waals surface area contributed by atoms with Crippen molar-refractivity contribution in [3.63, 3.8) is 0 Å². The summed E-state index contributed by atoms with van der Waals surface area (Å²) in [6, 6.07) is 3.68. The van der Waals surface area contributed by atoms with Gasteiger partial charge in [0.05, 0.1) is 6.61 Å². The maximum absolute atomic E-state index is 11.6. The molecule has 0 spiro atoms. The normalized spacial score (nSPS) is 10.8. The van der Waals surface area contributed by atoms with Crippen LogP contribution in [-0.2, 0) is 9.53 Å². The summed E-state index contributed by atoms with van der Waals surface area (Å²) in [4.78, 5) is 23.2. The highest BCUT2D eigenvalue weighted by molar-refractivity contribution is 7.15. The van der Waals surface area contributed by atoms with Gasteiger partial charge in [0.1, 0.15) is 10.7 Å². The molecule has 0 saturated carbocycles. The smallest absolute Gasteiger partial charge is 0.340 e. The molecule has 0 unspecified atom stereocenters. The second kappa shape index (κ2) is 7.18. The molecule has 0 atom stereocenters. The van der Waals surface area contributed by atoms with Crippen LogP contribution in [0.15, 0.2) is 41.5 Å². The van der Waals surface area contributed by atoms with Gasteiger partial charge in [0.2, 0.25) is 0 Å². The maximum atomic E-state index is 11.6. The lowest BCUT2D eigenvalue weighted by Gasteiger charge is -1.99. The minimum Gasteiger partial charge on any atom is -0.462 e. The number of thiazole rings is 1. The second-order valence-electron chi connectivity index (χ2n) is 3.74. The molecule has 0 aliphatic rings. The van der Waals surface area contributed by atoms with Crippen molar-refractivity contribution in [3.8, 4) is 10.6 Å². The molecule has 0 amide bonds. The molecule has 0 fully saturated rings. The number of nitrogens with zero attached hydrogens (tertiary/aromatic N) is 5. The fraction of sp³-hybridized carbons (Fsp3) is 0.154. The van der Waals surface area contributed by atoms with E-state index in [0.717, 1.165) is 10.6 Å². The average molecular weight is 301 g/mol. The predicted molar refractivity (Wildman–Crippen MR) is 79.1 cm³/mol. The first kappa shape index (κ1) is 14.7. The monoisotopic (exact) mass is 301 g/mol. The second-order valence-corrected chi connectivity index (χ2v) is 4.81. The number of ether oxygens (including phenoxy) is 1. The summed E-state index contributed by atoms with van der Waals surface area (Å²) in [6.45, 7) is 1.89. The van der Waals surface area contributed by atoms with Crippen molar-refractivity contribution >= 4 is 23.4 Å². The van der Waals surface area contributed by atoms with Gasteiger partial charge >= 0.3 is 5.97 Å². The van der Waals surface area contributed by atoms with Crippen molar-refractivity contribution < 1.29 is 9.53 Å². The van der Waals surface area contributed by atoms with Crippen LogP contribution in [0.4, 0.5) is 0 Å². The summed E-state index contributed by atoms with van der Waals surface area (Å²) < 4.78 is 4.82. The van der Waals surface area contributed by atoms with Crippen LogP contribution in [0.25, 0.3) is 27.1 Å². The molecule has 0 bridgehead atoms. The summed E-state index contributed by atoms with van der Waals surface area (Å²) in [5.41, 5.74) is 9.34. The van der Waals surface area contributed by atoms with E-state index in [2.05, 4.69) is 20.0 Å². The first-order valence-corrected chi connectivity index (χ1v) is 6.86. The van der Waals surface area contributed by atoms with E-state index in [9.17, 15) is 4.79 Å². The van der Waals surface area contributed by atoms with Gasteiger partial charge in [-0.1, -0.05) is 5.11 Å². The number of carbonyl (C=O) groups excluding carboxylic acids is 1. The Hall–Kier alpha value is -2.70. The molecule has 2 aromatic rings. The molecule has 0 saturated heterocycles. The minimum atomic E-state index is -0.658. The summed E-state index contributed by atoms with van der Waals surface area (Å²) in [7, 11) is 0. The number of esters is 1. The molecule has 0 N–H and O–H groups in total. The molecule has 21 heavy (non-hydrogen) atoms. The molecule has 8 heteroatoms. The van der Waals surface area contributed by atoms with E-state index < -0.39 is 5.97 Å². The Bertz CT molecular complexity index is 704. The van der Waals surface area contributed by atoms with Crippen molar-refractivity contribution in [3.05, 3.63) is 51.7 Å². The van der Waals surface area contributed by atoms with Crippen molar-refractivity contribution in [2.24, 2.45) is 5.11 Å². The van der Waals surface area contributed by atoms with E-state index in [-0.39, 0.29) is 12.3 Å². The van der Waals surface area contributed by atoms with E-state index >= 15 is 0 Å². The minimum absolute atomic E-state index is 0.0933. The fourth-order valence-corrected chi connectivity index (χ4v) is 2.36. The highest BCUT2D eigenvalue weighted by atomic mass is 32.1. The molecular formula is C13H11N5O2S. The van der Waals surface area contributed by atoms with E-state index in [0.29, 0.717) is 4.88 Å². The Labute approximate surface area is 124 Å². The number of rotatable bonds is 5. The van der Waals surface area contributed by atoms with Gasteiger partial charge in [-0.05, 0) is 30.7 Å². The fourth-order valence-electron chi connectivity index (χ4n) is 1.50. The van der Waals surface area contributed by atoms with E-state index in [1.165, 1.54) is 17.4 Å². The number of azide groups is 1. The van der Waals surface area contributed by atoms with Crippen LogP contribution in [-0.4, -0.2) is 22.5 Å². The number of hydrogen-bond acceptors (Lipinski definition) is 6. The first-order valence-electron chi connectivity index (χ1n) is 6.04. The first-order chi connectivity index (χ1) is 10.2. The largest absolute Gasteiger partial charge is 0.462 e. The van der Waals surface area contributed by atoms with E-state index in [1.54, 1.807) is 25.5 Å². The number of pyridine rings is 1. The number of aromatic nitrogens is 2. The van der Waals surface area contributed by atoms with Gasteiger partial charge < -0.3 is 4.74 Å². The van der Waals surface area contributed by atoms with Gasteiger partial charge in [0.25, 0.3) is 0 Å². The number of carbonyl (C=O) groups is 1. The van der Waals surface area contributed by atoms with Crippen molar-refractivity contribution in [1.29, 1.82) is 0 Å². The van der Waals surface area contributed by atoms with E-state index in [1.807, 2.05) is 12.1 Å². The molecule has 106 valence electrons. The van der Waals surface area contributed by atoms with Crippen molar-refractivity contribution in [2.75, 3.05) is 6.61 Å². The van der Waals surface area contributed by atoms with Gasteiger partial charge in [-0.2, -0.15) is 0 Å². The highest BCUT2D eigenvalue weighted by Gasteiger charge is 2.10. The molecule has 0 aliphatic heterocycles. The Morgan fingerprint density at radius 2 is 2.29 bits per heavy atom. The van der Waals surface area contributed by atoms with Crippen LogP contribution in [0, 0.1) is 0 Å². The number of hydrogen-bond donors (Lipinski definition) is 0. The van der Waals surface area contributed by atoms with Gasteiger partial charge in [0, 0.05) is 33.9 Å². The Kier molecular flexibility index (Phi) is 5.03. The van der Waals surface area contributed by atoms with E-state index in [4.69, 9.17) is 10.3 Å². The zero-order chi connectivity index (χ0) is 15.1. The SMILES string of the molecule is CCOC(=O)/C(=C/c1cnc(-c2ccncc2)s1)N=[N+]=[N-]. The molecule has 7 nitrogen and oxygen atoms in total. The maximum Gasteiger partial charge on any atom is 0.340 e. The highest BCUT2D eigenvalue weighted by Crippen LogP contribution is 2.26. The lowest BCUT2D eigenvalue weighted by atomic mass is 10.3. The summed E-state index contributed by atoms with van der Waals surface area (Å²) >= 11 is 1.37. The van der Waals surface area contributed by atoms with Gasteiger partial charge in [-0.25, -0.2) is 9.78 Å². The van der Waals surface area contributed by atoms with Gasteiger partial charge in [-0.3, -0.25) is 4.98 Å². The lowest BCUT2D eigenvalue weighted by molar-refractivity contribution is -0.138. The third-order valence-electron chi connectivity index (χ3n) is 2.37. The van der Waals surface area contributed by atoms with Crippen LogP contribution in [0.1, 0.15) is 11.8 Å². The summed E-state index contributed by atoms with van der Waals surface area (Å²) in [5, 5.41) is 4.14. The Morgan fingerprint density at radius 1 is 1.52 bits per heavy atom. The Balaban J connectivity index is 2.29. The molecule has 0 radical (unpaired) electrons. The van der Waals surface area contributed by atoms with Crippen LogP contribution in [0.5, 0.6) is 0 Å².